The molecule has 1 atom stereocenters. The van der Waals surface area contributed by atoms with Gasteiger partial charge in [-0.05, 0) is 38.3 Å². The Hall–Kier alpha value is -3.50. The lowest BCUT2D eigenvalue weighted by molar-refractivity contribution is 0.0229. The first-order valence-electron chi connectivity index (χ1n) is 11.4. The van der Waals surface area contributed by atoms with Crippen LogP contribution in [0.1, 0.15) is 37.9 Å². The molecule has 0 aromatic heterocycles. The molecule has 1 fully saturated rings. The van der Waals surface area contributed by atoms with E-state index in [1.165, 1.54) is 0 Å². The van der Waals surface area contributed by atoms with Gasteiger partial charge in [-0.25, -0.2) is 9.59 Å². The number of nitrogens with zero attached hydrogens (tertiary/aromatic N) is 1. The molecule has 34 heavy (non-hydrogen) atoms. The lowest BCUT2D eigenvalue weighted by Gasteiger charge is -2.30. The zero-order valence-electron chi connectivity index (χ0n) is 20.3. The first-order valence-corrected chi connectivity index (χ1v) is 11.4. The van der Waals surface area contributed by atoms with Crippen molar-refractivity contribution in [1.82, 2.24) is 15.5 Å². The minimum Gasteiger partial charge on any atom is -0.444 e. The van der Waals surface area contributed by atoms with Gasteiger partial charge in [0, 0.05) is 26.2 Å². The van der Waals surface area contributed by atoms with Gasteiger partial charge in [-0.2, -0.15) is 0 Å². The Bertz CT molecular complexity index is 914. The quantitative estimate of drug-likeness (QED) is 0.649. The Labute approximate surface area is 202 Å². The summed E-state index contributed by atoms with van der Waals surface area (Å²) in [7, 11) is 0. The minimum absolute atomic E-state index is 0.0291. The Kier molecular flexibility index (Phi) is 10.9. The summed E-state index contributed by atoms with van der Waals surface area (Å²) in [5, 5.41) is 6.04. The summed E-state index contributed by atoms with van der Waals surface area (Å²) in [5.74, 6) is 2.28. The fourth-order valence-electron chi connectivity index (χ4n) is 3.25. The molecule has 2 N–H and O–H groups in total. The number of piperazine rings is 1. The van der Waals surface area contributed by atoms with E-state index in [-0.39, 0.29) is 24.3 Å². The van der Waals surface area contributed by atoms with Crippen molar-refractivity contribution in [3.05, 3.63) is 71.8 Å². The third kappa shape index (κ3) is 10.4. The summed E-state index contributed by atoms with van der Waals surface area (Å²) >= 11 is 0. The van der Waals surface area contributed by atoms with Crippen LogP contribution in [0.25, 0.3) is 0 Å². The van der Waals surface area contributed by atoms with E-state index in [1.54, 1.807) is 4.90 Å². The van der Waals surface area contributed by atoms with E-state index in [0.29, 0.717) is 6.42 Å². The molecular formula is C27H35N3O4. The average Bonchev–Trinajstić information content (AvgIpc) is 2.83. The zero-order valence-corrected chi connectivity index (χ0v) is 20.3. The van der Waals surface area contributed by atoms with Gasteiger partial charge < -0.3 is 25.0 Å². The van der Waals surface area contributed by atoms with Gasteiger partial charge in [-0.15, -0.1) is 6.42 Å². The molecule has 2 amide bonds. The van der Waals surface area contributed by atoms with E-state index in [4.69, 9.17) is 15.9 Å². The third-order valence-electron chi connectivity index (χ3n) is 4.83. The van der Waals surface area contributed by atoms with E-state index in [0.717, 1.165) is 37.3 Å². The van der Waals surface area contributed by atoms with Crippen molar-refractivity contribution in [2.45, 2.75) is 38.8 Å². The summed E-state index contributed by atoms with van der Waals surface area (Å²) in [6.07, 6.45) is 5.08. The van der Waals surface area contributed by atoms with Crippen molar-refractivity contribution < 1.29 is 19.1 Å². The third-order valence-corrected chi connectivity index (χ3v) is 4.83. The highest BCUT2D eigenvalue weighted by Gasteiger charge is 2.22. The van der Waals surface area contributed by atoms with Crippen LogP contribution in [0, 0.1) is 12.3 Å². The number of alkyl carbamates (subject to hydrolysis) is 1. The molecule has 2 aromatic carbocycles. The largest absolute Gasteiger partial charge is 0.444 e. The van der Waals surface area contributed by atoms with Crippen LogP contribution >= 0.6 is 0 Å². The Morgan fingerprint density at radius 1 is 1.06 bits per heavy atom. The minimum atomic E-state index is -0.502. The van der Waals surface area contributed by atoms with E-state index in [2.05, 4.69) is 16.6 Å². The second kappa shape index (κ2) is 13.9. The summed E-state index contributed by atoms with van der Waals surface area (Å²) in [6, 6.07) is 19.6. The van der Waals surface area contributed by atoms with Gasteiger partial charge in [0.25, 0.3) is 0 Å². The molecule has 0 spiro atoms. The normalized spacial score (nSPS) is 14.0. The first kappa shape index (κ1) is 26.7. The van der Waals surface area contributed by atoms with Crippen LogP contribution in [0.5, 0.6) is 0 Å². The Balaban J connectivity index is 0.000000270. The highest BCUT2D eigenvalue weighted by molar-refractivity contribution is 5.68. The van der Waals surface area contributed by atoms with Gasteiger partial charge >= 0.3 is 12.2 Å². The van der Waals surface area contributed by atoms with Gasteiger partial charge in [0.05, 0.1) is 6.04 Å². The maximum absolute atomic E-state index is 11.7. The predicted molar refractivity (Wildman–Crippen MR) is 133 cm³/mol. The molecule has 7 heteroatoms. The van der Waals surface area contributed by atoms with Gasteiger partial charge in [-0.3, -0.25) is 0 Å². The monoisotopic (exact) mass is 465 g/mol. The molecule has 7 nitrogen and oxygen atoms in total. The van der Waals surface area contributed by atoms with Crippen LogP contribution in [-0.2, 0) is 15.9 Å². The van der Waals surface area contributed by atoms with Crippen LogP contribution in [0.3, 0.4) is 0 Å². The smallest absolute Gasteiger partial charge is 0.410 e. The van der Waals surface area contributed by atoms with Crippen molar-refractivity contribution in [1.29, 1.82) is 0 Å². The number of terminal acetylenes is 1. The number of amides is 2. The van der Waals surface area contributed by atoms with Gasteiger partial charge in [0.1, 0.15) is 5.60 Å². The molecule has 0 radical (unpaired) electrons. The molecule has 1 aliphatic heterocycles. The van der Waals surface area contributed by atoms with Crippen molar-refractivity contribution >= 4 is 12.2 Å². The van der Waals surface area contributed by atoms with Crippen LogP contribution in [-0.4, -0.2) is 55.5 Å². The molecule has 0 bridgehead atoms. The van der Waals surface area contributed by atoms with E-state index in [1.807, 2.05) is 81.4 Å². The van der Waals surface area contributed by atoms with Crippen molar-refractivity contribution in [3.8, 4) is 12.3 Å². The van der Waals surface area contributed by atoms with Crippen molar-refractivity contribution in [2.75, 3.05) is 32.8 Å². The first-order chi connectivity index (χ1) is 16.3. The molecule has 182 valence electrons. The molecule has 3 rings (SSSR count). The number of hydrogen-bond donors (Lipinski definition) is 2. The average molecular weight is 466 g/mol. The van der Waals surface area contributed by atoms with Crippen molar-refractivity contribution in [2.24, 2.45) is 0 Å². The van der Waals surface area contributed by atoms with E-state index >= 15 is 0 Å². The maximum atomic E-state index is 11.7. The highest BCUT2D eigenvalue weighted by atomic mass is 16.6. The predicted octanol–water partition coefficient (Wildman–Crippen LogP) is 4.16. The maximum Gasteiger partial charge on any atom is 0.410 e. The van der Waals surface area contributed by atoms with Gasteiger partial charge in [0.15, 0.2) is 6.61 Å². The van der Waals surface area contributed by atoms with E-state index in [9.17, 15) is 9.59 Å². The molecule has 0 unspecified atom stereocenters. The number of hydrogen-bond acceptors (Lipinski definition) is 5. The second-order valence-electron chi connectivity index (χ2n) is 8.79. The van der Waals surface area contributed by atoms with Crippen LogP contribution in [0.2, 0.25) is 0 Å². The summed E-state index contributed by atoms with van der Waals surface area (Å²) in [4.78, 5) is 25.0. The number of ether oxygens (including phenoxy) is 2. The highest BCUT2D eigenvalue weighted by Crippen LogP contribution is 2.18. The van der Waals surface area contributed by atoms with E-state index < -0.39 is 6.09 Å². The number of nitrogens with one attached hydrogen (secondary N) is 2. The lowest BCUT2D eigenvalue weighted by atomic mass is 9.99. The summed E-state index contributed by atoms with van der Waals surface area (Å²) in [6.45, 7) is 8.83. The topological polar surface area (TPSA) is 79.9 Å². The fraction of sp³-hybridized carbons (Fsp3) is 0.407. The SMILES string of the molecule is C#CCOC(=O)N[C@@H](Cc1ccccc1)c1ccccc1.CC(C)(C)OC(=O)N1CCNCC1. The molecule has 0 aliphatic carbocycles. The standard InChI is InChI=1S/C18H17NO2.C9H18N2O2/c1-2-13-21-18(20)19-17(16-11-7-4-8-12-16)14-15-9-5-3-6-10-15;1-9(2,3)13-8(12)11-6-4-10-5-7-11/h1,3-12,17H,13-14H2,(H,19,20);10H,4-7H2,1-3H3/t17-;/m0./s1. The molecule has 0 saturated carbocycles. The molecule has 1 heterocycles. The number of carbonyl (C=O) groups is 2. The molecule has 1 aliphatic rings. The fourth-order valence-corrected chi connectivity index (χ4v) is 3.25. The summed E-state index contributed by atoms with van der Waals surface area (Å²) < 4.78 is 10.1. The van der Waals surface area contributed by atoms with Gasteiger partial charge in [0.2, 0.25) is 0 Å². The van der Waals surface area contributed by atoms with Crippen molar-refractivity contribution in [3.63, 3.8) is 0 Å². The lowest BCUT2D eigenvalue weighted by Crippen LogP contribution is -2.48. The molecular weight excluding hydrogens is 430 g/mol. The number of carbonyl (C=O) groups excluding carboxylic acids is 2. The van der Waals surface area contributed by atoms with Crippen LogP contribution in [0.4, 0.5) is 9.59 Å². The van der Waals surface area contributed by atoms with Gasteiger partial charge in [-0.1, -0.05) is 66.6 Å². The Morgan fingerprint density at radius 2 is 1.65 bits per heavy atom. The zero-order chi connectivity index (χ0) is 24.8. The van der Waals surface area contributed by atoms with Crippen LogP contribution in [0.15, 0.2) is 60.7 Å². The molecule has 1 saturated heterocycles. The van der Waals surface area contributed by atoms with Crippen LogP contribution < -0.4 is 10.6 Å². The Morgan fingerprint density at radius 3 is 2.21 bits per heavy atom. The molecule has 2 aromatic rings. The summed E-state index contributed by atoms with van der Waals surface area (Å²) in [5.41, 5.74) is 1.78. The number of rotatable bonds is 5. The number of benzene rings is 2. The second-order valence-corrected chi connectivity index (χ2v) is 8.79.